The molecule has 0 aromatic carbocycles. The zero-order chi connectivity index (χ0) is 17.8. The predicted octanol–water partition coefficient (Wildman–Crippen LogP) is 3.79. The largest absolute Gasteiger partial charge is 0.474 e. The lowest BCUT2D eigenvalue weighted by Crippen LogP contribution is -2.40. The van der Waals surface area contributed by atoms with Crippen molar-refractivity contribution in [2.24, 2.45) is 11.7 Å². The normalized spacial score (nSPS) is 25.7. The van der Waals surface area contributed by atoms with E-state index in [0.29, 0.717) is 17.0 Å². The third-order valence-corrected chi connectivity index (χ3v) is 7.04. The van der Waals surface area contributed by atoms with Gasteiger partial charge in [0.05, 0.1) is 5.39 Å². The molecule has 2 aromatic rings. The second kappa shape index (κ2) is 7.06. The minimum absolute atomic E-state index is 0. The van der Waals surface area contributed by atoms with E-state index in [1.165, 1.54) is 0 Å². The van der Waals surface area contributed by atoms with Crippen LogP contribution in [0.4, 0.5) is 0 Å². The molecule has 2 aromatic heterocycles. The summed E-state index contributed by atoms with van der Waals surface area (Å²) in [4.78, 5) is 8.75. The van der Waals surface area contributed by atoms with Gasteiger partial charge in [0.15, 0.2) is 0 Å². The average Bonchev–Trinajstić information content (AvgIpc) is 3.34. The summed E-state index contributed by atoms with van der Waals surface area (Å²) in [5.41, 5.74) is 7.17. The van der Waals surface area contributed by atoms with E-state index in [1.807, 2.05) is 12.3 Å². The second-order valence-electron chi connectivity index (χ2n) is 7.42. The van der Waals surface area contributed by atoms with E-state index in [4.69, 9.17) is 22.1 Å². The van der Waals surface area contributed by atoms with E-state index in [2.05, 4.69) is 16.9 Å². The van der Waals surface area contributed by atoms with Gasteiger partial charge in [-0.1, -0.05) is 19.0 Å². The van der Waals surface area contributed by atoms with Crippen LogP contribution >= 0.6 is 11.6 Å². The average molecular weight is 396 g/mol. The molecule has 0 spiro atoms. The van der Waals surface area contributed by atoms with Crippen LogP contribution in [-0.2, 0) is 16.3 Å². The number of halogens is 1. The fourth-order valence-corrected chi connectivity index (χ4v) is 4.68. The Morgan fingerprint density at radius 2 is 1.96 bits per heavy atom. The predicted molar refractivity (Wildman–Crippen MR) is 107 cm³/mol. The summed E-state index contributed by atoms with van der Waals surface area (Å²) < 4.78 is 17.6. The van der Waals surface area contributed by atoms with Gasteiger partial charge >= 0.3 is 0 Å². The van der Waals surface area contributed by atoms with Crippen molar-refractivity contribution in [2.75, 3.05) is 6.26 Å². The Balaban J connectivity index is 0.00000196. The molecule has 2 heterocycles. The zero-order valence-electron chi connectivity index (χ0n) is 14.4. The maximum atomic E-state index is 11.5. The Morgan fingerprint density at radius 3 is 2.58 bits per heavy atom. The highest BCUT2D eigenvalue weighted by Crippen LogP contribution is 2.46. The van der Waals surface area contributed by atoms with Crippen LogP contribution in [-0.4, -0.2) is 31.8 Å². The summed E-state index contributed by atoms with van der Waals surface area (Å²) in [6.07, 6.45) is 9.21. The first-order valence-corrected chi connectivity index (χ1v) is 10.6. The lowest BCUT2D eigenvalue weighted by atomic mass is 9.86. The van der Waals surface area contributed by atoms with Crippen molar-refractivity contribution in [1.29, 1.82) is 0 Å². The number of hydrogen-bond donors (Lipinski definition) is 1. The van der Waals surface area contributed by atoms with Gasteiger partial charge in [-0.05, 0) is 55.5 Å². The summed E-state index contributed by atoms with van der Waals surface area (Å²) in [5, 5.41) is 2.45. The van der Waals surface area contributed by atoms with Crippen LogP contribution in [0.25, 0.3) is 10.8 Å². The van der Waals surface area contributed by atoms with Gasteiger partial charge in [0.1, 0.15) is 11.3 Å². The van der Waals surface area contributed by atoms with Crippen molar-refractivity contribution in [1.82, 2.24) is 9.97 Å². The Hall–Kier alpha value is -1.24. The summed E-state index contributed by atoms with van der Waals surface area (Å²) in [7, 11) is -0.793. The van der Waals surface area contributed by atoms with E-state index in [1.54, 1.807) is 12.5 Å². The first-order chi connectivity index (χ1) is 11.9. The van der Waals surface area contributed by atoms with Gasteiger partial charge in [0.2, 0.25) is 5.88 Å². The molecule has 0 aliphatic heterocycles. The van der Waals surface area contributed by atoms with Crippen molar-refractivity contribution < 1.29 is 8.95 Å². The highest BCUT2D eigenvalue weighted by molar-refractivity contribution is 7.84. The van der Waals surface area contributed by atoms with Gasteiger partial charge in [-0.3, -0.25) is 4.21 Å². The van der Waals surface area contributed by atoms with E-state index in [-0.39, 0.29) is 18.8 Å². The van der Waals surface area contributed by atoms with E-state index in [0.717, 1.165) is 42.0 Å². The summed E-state index contributed by atoms with van der Waals surface area (Å²) >= 11 is 6.14. The number of pyridine rings is 2. The molecule has 2 aliphatic carbocycles. The van der Waals surface area contributed by atoms with Gasteiger partial charge in [0, 0.05) is 40.2 Å². The number of nitrogens with two attached hydrogens (primary N) is 1. The summed E-state index contributed by atoms with van der Waals surface area (Å²) in [6.45, 7) is 2.06. The molecule has 142 valence electrons. The third kappa shape index (κ3) is 3.47. The Morgan fingerprint density at radius 1 is 1.27 bits per heavy atom. The molecule has 0 saturated heterocycles. The monoisotopic (exact) mass is 395 g/mol. The van der Waals surface area contributed by atoms with Gasteiger partial charge in [0.25, 0.3) is 0 Å². The van der Waals surface area contributed by atoms with Crippen LogP contribution in [0.1, 0.15) is 45.6 Å². The maximum absolute atomic E-state index is 11.5. The van der Waals surface area contributed by atoms with Crippen LogP contribution in [0.2, 0.25) is 5.15 Å². The minimum Gasteiger partial charge on any atom is -0.474 e. The molecular weight excluding hydrogens is 370 g/mol. The third-order valence-electron chi connectivity index (χ3n) is 5.51. The van der Waals surface area contributed by atoms with Crippen LogP contribution in [0.3, 0.4) is 0 Å². The van der Waals surface area contributed by atoms with E-state index in [9.17, 15) is 4.21 Å². The molecule has 0 amide bonds. The SMILES string of the molecule is C.CS(=O)C1CC(Oc2ncc(C(C)(N)C3CC3)c3cc(Cl)ncc23)C1. The molecule has 5 nitrogen and oxygen atoms in total. The number of nitrogens with zero attached hydrogens (tertiary/aromatic N) is 2. The Bertz CT molecular complexity index is 848. The molecule has 2 unspecified atom stereocenters. The highest BCUT2D eigenvalue weighted by atomic mass is 35.5. The molecule has 7 heteroatoms. The molecule has 2 aliphatic rings. The standard InChI is InChI=1S/C18H22ClN3O2S.CH4/c1-18(20,10-3-4-10)15-9-22-17(14-8-21-16(19)7-13(14)15)24-11-5-12(6-11)25(2)23;/h7-12H,3-6,20H2,1-2H3;1H4. The zero-order valence-corrected chi connectivity index (χ0v) is 15.9. The molecule has 2 N–H and O–H groups in total. The van der Waals surface area contributed by atoms with Crippen molar-refractivity contribution in [2.45, 2.75) is 56.9 Å². The maximum Gasteiger partial charge on any atom is 0.223 e. The first kappa shape index (κ1) is 19.5. The first-order valence-electron chi connectivity index (χ1n) is 8.58. The van der Waals surface area contributed by atoms with Crippen LogP contribution in [0.15, 0.2) is 18.5 Å². The summed E-state index contributed by atoms with van der Waals surface area (Å²) in [5.74, 6) is 1.03. The molecule has 4 rings (SSSR count). The molecule has 26 heavy (non-hydrogen) atoms. The van der Waals surface area contributed by atoms with Gasteiger partial charge in [-0.25, -0.2) is 9.97 Å². The van der Waals surface area contributed by atoms with E-state index >= 15 is 0 Å². The highest BCUT2D eigenvalue weighted by Gasteiger charge is 2.41. The van der Waals surface area contributed by atoms with Gasteiger partial charge in [-0.2, -0.15) is 0 Å². The smallest absolute Gasteiger partial charge is 0.223 e. The van der Waals surface area contributed by atoms with Crippen LogP contribution in [0.5, 0.6) is 5.88 Å². The lowest BCUT2D eigenvalue weighted by molar-refractivity contribution is 0.121. The molecule has 2 saturated carbocycles. The number of ether oxygens (including phenoxy) is 1. The van der Waals surface area contributed by atoms with Crippen molar-refractivity contribution in [3.05, 3.63) is 29.2 Å². The number of aromatic nitrogens is 2. The Kier molecular flexibility index (Phi) is 5.30. The van der Waals surface area contributed by atoms with Crippen molar-refractivity contribution >= 4 is 33.2 Å². The fourth-order valence-electron chi connectivity index (χ4n) is 3.55. The Labute approximate surface area is 162 Å². The van der Waals surface area contributed by atoms with Crippen molar-refractivity contribution in [3.63, 3.8) is 0 Å². The fraction of sp³-hybridized carbons (Fsp3) is 0.579. The second-order valence-corrected chi connectivity index (χ2v) is 9.47. The quantitative estimate of drug-likeness (QED) is 0.779. The minimum atomic E-state index is -0.793. The van der Waals surface area contributed by atoms with Gasteiger partial charge < -0.3 is 10.5 Å². The molecule has 0 radical (unpaired) electrons. The van der Waals surface area contributed by atoms with Gasteiger partial charge in [-0.15, -0.1) is 0 Å². The molecule has 2 fully saturated rings. The number of fused-ring (bicyclic) bond motifs is 1. The topological polar surface area (TPSA) is 78.1 Å². The van der Waals surface area contributed by atoms with Crippen molar-refractivity contribution in [3.8, 4) is 5.88 Å². The number of rotatable bonds is 5. The van der Waals surface area contributed by atoms with E-state index < -0.39 is 16.3 Å². The molecule has 2 atom stereocenters. The van der Waals surface area contributed by atoms with Crippen LogP contribution in [0, 0.1) is 5.92 Å². The van der Waals surface area contributed by atoms with Crippen LogP contribution < -0.4 is 10.5 Å². The number of hydrogen-bond acceptors (Lipinski definition) is 5. The lowest BCUT2D eigenvalue weighted by Gasteiger charge is -2.34. The molecule has 0 bridgehead atoms. The summed E-state index contributed by atoms with van der Waals surface area (Å²) in [6, 6.07) is 1.85. The molecular formula is C19H26ClN3O2S.